The van der Waals surface area contributed by atoms with Crippen LogP contribution in [0.4, 0.5) is 0 Å². The van der Waals surface area contributed by atoms with Crippen molar-refractivity contribution >= 4 is 37.5 Å². The van der Waals surface area contributed by atoms with Crippen molar-refractivity contribution in [3.8, 4) is 0 Å². The van der Waals surface area contributed by atoms with Crippen LogP contribution in [0.2, 0.25) is 0 Å². The van der Waals surface area contributed by atoms with Crippen LogP contribution in [0, 0.1) is 13.8 Å². The van der Waals surface area contributed by atoms with Gasteiger partial charge in [0.2, 0.25) is 0 Å². The molecule has 0 bridgehead atoms. The second-order valence-corrected chi connectivity index (χ2v) is 6.89. The van der Waals surface area contributed by atoms with Crippen molar-refractivity contribution in [2.75, 3.05) is 0 Å². The summed E-state index contributed by atoms with van der Waals surface area (Å²) in [5, 5.41) is 0.757. The molecule has 5 heteroatoms. The van der Waals surface area contributed by atoms with E-state index in [-0.39, 0.29) is 5.56 Å². The molecule has 0 fully saturated rings. The maximum absolute atomic E-state index is 12.6. The van der Waals surface area contributed by atoms with Crippen molar-refractivity contribution in [2.45, 2.75) is 20.4 Å². The van der Waals surface area contributed by atoms with Gasteiger partial charge in [-0.15, -0.1) is 11.3 Å². The molecule has 102 valence electrons. The minimum Gasteiger partial charge on any atom is -0.294 e. The number of rotatable bonds is 2. The summed E-state index contributed by atoms with van der Waals surface area (Å²) in [6.45, 7) is 4.56. The molecule has 0 aliphatic rings. The zero-order valence-corrected chi connectivity index (χ0v) is 13.6. The third-order valence-corrected chi connectivity index (χ3v) is 5.07. The highest BCUT2D eigenvalue weighted by atomic mass is 79.9. The van der Waals surface area contributed by atoms with E-state index in [2.05, 4.69) is 20.9 Å². The number of aromatic nitrogens is 2. The van der Waals surface area contributed by atoms with Gasteiger partial charge in [0, 0.05) is 9.35 Å². The summed E-state index contributed by atoms with van der Waals surface area (Å²) in [4.78, 5) is 19.0. The molecule has 3 aromatic rings. The molecule has 0 N–H and O–H groups in total. The van der Waals surface area contributed by atoms with Gasteiger partial charge in [0.25, 0.3) is 5.56 Å². The fraction of sp³-hybridized carbons (Fsp3) is 0.200. The molecule has 2 aromatic heterocycles. The smallest absolute Gasteiger partial charge is 0.262 e. The van der Waals surface area contributed by atoms with Crippen LogP contribution in [0.5, 0.6) is 0 Å². The van der Waals surface area contributed by atoms with Crippen molar-refractivity contribution in [1.29, 1.82) is 0 Å². The van der Waals surface area contributed by atoms with Gasteiger partial charge in [-0.1, -0.05) is 28.1 Å². The summed E-state index contributed by atoms with van der Waals surface area (Å²) >= 11 is 4.99. The van der Waals surface area contributed by atoms with Crippen molar-refractivity contribution in [3.63, 3.8) is 0 Å². The fourth-order valence-electron chi connectivity index (χ4n) is 2.17. The van der Waals surface area contributed by atoms with Crippen LogP contribution in [-0.2, 0) is 6.54 Å². The zero-order valence-electron chi connectivity index (χ0n) is 11.2. The van der Waals surface area contributed by atoms with E-state index in [0.29, 0.717) is 6.54 Å². The van der Waals surface area contributed by atoms with Crippen LogP contribution >= 0.6 is 27.3 Å². The van der Waals surface area contributed by atoms with Crippen molar-refractivity contribution in [2.24, 2.45) is 0 Å². The molecule has 0 aliphatic heterocycles. The zero-order chi connectivity index (χ0) is 14.3. The predicted octanol–water partition coefficient (Wildman–Crippen LogP) is 3.89. The largest absolute Gasteiger partial charge is 0.294 e. The lowest BCUT2D eigenvalue weighted by molar-refractivity contribution is 0.749. The molecule has 1 aromatic carbocycles. The number of thiophene rings is 1. The number of halogens is 1. The molecule has 2 heterocycles. The average molecular weight is 349 g/mol. The van der Waals surface area contributed by atoms with Crippen molar-refractivity contribution in [1.82, 2.24) is 9.55 Å². The monoisotopic (exact) mass is 348 g/mol. The summed E-state index contributed by atoms with van der Waals surface area (Å²) in [6.07, 6.45) is 1.64. The number of benzene rings is 1. The fourth-order valence-corrected chi connectivity index (χ4v) is 3.42. The SMILES string of the molecule is Cc1sc2ncn(Cc3ccc(Br)cc3)c(=O)c2c1C. The molecule has 0 aliphatic carbocycles. The van der Waals surface area contributed by atoms with Gasteiger partial charge in [-0.3, -0.25) is 9.36 Å². The first-order chi connectivity index (χ1) is 9.56. The molecule has 0 unspecified atom stereocenters. The molecule has 3 nitrogen and oxygen atoms in total. The van der Waals surface area contributed by atoms with E-state index in [1.54, 1.807) is 22.2 Å². The Kier molecular flexibility index (Phi) is 3.48. The van der Waals surface area contributed by atoms with E-state index in [4.69, 9.17) is 0 Å². The minimum absolute atomic E-state index is 0.0415. The summed E-state index contributed by atoms with van der Waals surface area (Å²) in [6, 6.07) is 7.97. The first-order valence-corrected chi connectivity index (χ1v) is 7.87. The topological polar surface area (TPSA) is 34.9 Å². The Bertz CT molecular complexity index is 833. The van der Waals surface area contributed by atoms with Crippen LogP contribution in [-0.4, -0.2) is 9.55 Å². The third-order valence-electron chi connectivity index (χ3n) is 3.42. The maximum Gasteiger partial charge on any atom is 0.262 e. The lowest BCUT2D eigenvalue weighted by Gasteiger charge is -2.06. The number of hydrogen-bond donors (Lipinski definition) is 0. The first kappa shape index (κ1) is 13.5. The lowest BCUT2D eigenvalue weighted by Crippen LogP contribution is -2.21. The predicted molar refractivity (Wildman–Crippen MR) is 86.6 cm³/mol. The Morgan fingerprint density at radius 1 is 1.25 bits per heavy atom. The van der Waals surface area contributed by atoms with Gasteiger partial charge in [-0.25, -0.2) is 4.98 Å². The standard InChI is InChI=1S/C15H13BrN2OS/c1-9-10(2)20-14-13(9)15(19)18(8-17-14)7-11-3-5-12(16)6-4-11/h3-6,8H,7H2,1-2H3. The maximum atomic E-state index is 12.6. The van der Waals surface area contributed by atoms with Crippen LogP contribution in [0.3, 0.4) is 0 Å². The van der Waals surface area contributed by atoms with Crippen LogP contribution in [0.1, 0.15) is 16.0 Å². The summed E-state index contributed by atoms with van der Waals surface area (Å²) in [7, 11) is 0. The van der Waals surface area contributed by atoms with E-state index in [0.717, 1.165) is 30.7 Å². The second-order valence-electron chi connectivity index (χ2n) is 4.77. The Balaban J connectivity index is 2.08. The molecule has 0 spiro atoms. The van der Waals surface area contributed by atoms with Gasteiger partial charge in [0.05, 0.1) is 18.3 Å². The summed E-state index contributed by atoms with van der Waals surface area (Å²) in [5.74, 6) is 0. The Morgan fingerprint density at radius 3 is 2.65 bits per heavy atom. The normalized spacial score (nSPS) is 11.2. The molecule has 0 atom stereocenters. The van der Waals surface area contributed by atoms with Gasteiger partial charge in [0.15, 0.2) is 0 Å². The summed E-state index contributed by atoms with van der Waals surface area (Å²) < 4.78 is 2.71. The molecule has 0 saturated heterocycles. The van der Waals surface area contributed by atoms with E-state index < -0.39 is 0 Å². The first-order valence-electron chi connectivity index (χ1n) is 6.26. The van der Waals surface area contributed by atoms with Crippen LogP contribution < -0.4 is 5.56 Å². The Labute approximate surface area is 129 Å². The average Bonchev–Trinajstić information content (AvgIpc) is 2.72. The number of nitrogens with zero attached hydrogens (tertiary/aromatic N) is 2. The molecule has 3 rings (SSSR count). The highest BCUT2D eigenvalue weighted by Crippen LogP contribution is 2.25. The van der Waals surface area contributed by atoms with Crippen LogP contribution in [0.15, 0.2) is 39.9 Å². The third kappa shape index (κ3) is 2.31. The molecule has 0 saturated carbocycles. The number of fused-ring (bicyclic) bond motifs is 1. The van der Waals surface area contributed by atoms with Gasteiger partial charge in [0.1, 0.15) is 4.83 Å². The van der Waals surface area contributed by atoms with Gasteiger partial charge in [-0.05, 0) is 37.1 Å². The van der Waals surface area contributed by atoms with Gasteiger partial charge < -0.3 is 0 Å². The number of hydrogen-bond acceptors (Lipinski definition) is 3. The van der Waals surface area contributed by atoms with Crippen molar-refractivity contribution < 1.29 is 0 Å². The minimum atomic E-state index is 0.0415. The van der Waals surface area contributed by atoms with E-state index in [1.165, 1.54) is 0 Å². The van der Waals surface area contributed by atoms with Gasteiger partial charge >= 0.3 is 0 Å². The van der Waals surface area contributed by atoms with E-state index in [9.17, 15) is 4.79 Å². The van der Waals surface area contributed by atoms with Crippen molar-refractivity contribution in [3.05, 3.63) is 61.4 Å². The molecular formula is C15H13BrN2OS. The van der Waals surface area contributed by atoms with Crippen LogP contribution in [0.25, 0.3) is 10.2 Å². The second kappa shape index (κ2) is 5.14. The molecule has 0 amide bonds. The van der Waals surface area contributed by atoms with E-state index >= 15 is 0 Å². The van der Waals surface area contributed by atoms with Gasteiger partial charge in [-0.2, -0.15) is 0 Å². The molecular weight excluding hydrogens is 336 g/mol. The Morgan fingerprint density at radius 2 is 1.95 bits per heavy atom. The highest BCUT2D eigenvalue weighted by Gasteiger charge is 2.12. The number of aryl methyl sites for hydroxylation is 2. The lowest BCUT2D eigenvalue weighted by atomic mass is 10.2. The molecule has 20 heavy (non-hydrogen) atoms. The quantitative estimate of drug-likeness (QED) is 0.704. The highest BCUT2D eigenvalue weighted by molar-refractivity contribution is 9.10. The summed E-state index contributed by atoms with van der Waals surface area (Å²) in [5.41, 5.74) is 2.17. The molecule has 0 radical (unpaired) electrons. The Hall–Kier alpha value is -1.46. The van der Waals surface area contributed by atoms with E-state index in [1.807, 2.05) is 38.1 Å².